The van der Waals surface area contributed by atoms with Gasteiger partial charge in [-0.15, -0.1) is 0 Å². The minimum absolute atomic E-state index is 0.0549. The fourth-order valence-electron chi connectivity index (χ4n) is 3.17. The first kappa shape index (κ1) is 18.6. The first-order valence-electron chi connectivity index (χ1n) is 8.42. The van der Waals surface area contributed by atoms with E-state index in [0.29, 0.717) is 41.7 Å². The minimum atomic E-state index is -0.533. The molecule has 0 N–H and O–H groups in total. The highest BCUT2D eigenvalue weighted by atomic mass is 79.9. The van der Waals surface area contributed by atoms with Crippen molar-refractivity contribution in [3.05, 3.63) is 63.9 Å². The van der Waals surface area contributed by atoms with Gasteiger partial charge in [0.05, 0.1) is 12.7 Å². The predicted octanol–water partition coefficient (Wildman–Crippen LogP) is 4.33. The number of hydrogen-bond donors (Lipinski definition) is 0. The van der Waals surface area contributed by atoms with Crippen molar-refractivity contribution >= 4 is 27.6 Å². The van der Waals surface area contributed by atoms with E-state index in [-0.39, 0.29) is 23.2 Å². The van der Waals surface area contributed by atoms with Crippen LogP contribution in [0, 0.1) is 11.7 Å². The van der Waals surface area contributed by atoms with Crippen molar-refractivity contribution in [2.24, 2.45) is 5.92 Å². The summed E-state index contributed by atoms with van der Waals surface area (Å²) in [5.41, 5.74) is 0.702. The summed E-state index contributed by atoms with van der Waals surface area (Å²) in [7, 11) is 1.58. The van der Waals surface area contributed by atoms with E-state index in [1.54, 1.807) is 42.3 Å². The van der Waals surface area contributed by atoms with Gasteiger partial charge in [0.15, 0.2) is 5.78 Å². The van der Waals surface area contributed by atoms with Gasteiger partial charge in [-0.05, 0) is 55.3 Å². The molecule has 0 atom stereocenters. The molecule has 3 rings (SSSR count). The topological polar surface area (TPSA) is 46.6 Å². The van der Waals surface area contributed by atoms with E-state index in [0.717, 1.165) is 0 Å². The fourth-order valence-corrected chi connectivity index (χ4v) is 3.53. The number of benzene rings is 2. The van der Waals surface area contributed by atoms with Gasteiger partial charge in [-0.25, -0.2) is 4.39 Å². The molecule has 0 bridgehead atoms. The van der Waals surface area contributed by atoms with Gasteiger partial charge in [0.2, 0.25) is 0 Å². The number of piperidine rings is 1. The van der Waals surface area contributed by atoms with Crippen LogP contribution in [-0.4, -0.2) is 36.8 Å². The lowest BCUT2D eigenvalue weighted by molar-refractivity contribution is 0.0646. The molecule has 1 saturated heterocycles. The molecule has 1 fully saturated rings. The normalized spacial score (nSPS) is 15.0. The van der Waals surface area contributed by atoms with Crippen LogP contribution in [0.25, 0.3) is 0 Å². The zero-order valence-electron chi connectivity index (χ0n) is 14.4. The monoisotopic (exact) mass is 419 g/mol. The maximum atomic E-state index is 13.9. The van der Waals surface area contributed by atoms with Crippen molar-refractivity contribution in [2.75, 3.05) is 20.2 Å². The predicted molar refractivity (Wildman–Crippen MR) is 100 cm³/mol. The van der Waals surface area contributed by atoms with Crippen LogP contribution in [0.3, 0.4) is 0 Å². The molecule has 2 aromatic rings. The average Bonchev–Trinajstić information content (AvgIpc) is 2.69. The summed E-state index contributed by atoms with van der Waals surface area (Å²) < 4.78 is 19.7. The smallest absolute Gasteiger partial charge is 0.256 e. The lowest BCUT2D eigenvalue weighted by Gasteiger charge is -2.31. The SMILES string of the molecule is COc1ccc(C(=O)C2CCN(C(=O)c3cc(Br)ccc3F)CC2)cc1. The van der Waals surface area contributed by atoms with Crippen molar-refractivity contribution < 1.29 is 18.7 Å². The van der Waals surface area contributed by atoms with Gasteiger partial charge in [0.1, 0.15) is 11.6 Å². The Bertz CT molecular complexity index is 814. The van der Waals surface area contributed by atoms with E-state index in [9.17, 15) is 14.0 Å². The highest BCUT2D eigenvalue weighted by Crippen LogP contribution is 2.25. The van der Waals surface area contributed by atoms with E-state index in [4.69, 9.17) is 4.74 Å². The molecular weight excluding hydrogens is 401 g/mol. The summed E-state index contributed by atoms with van der Waals surface area (Å²) in [4.78, 5) is 26.8. The molecule has 0 spiro atoms. The summed E-state index contributed by atoms with van der Waals surface area (Å²) in [6, 6.07) is 11.4. The number of carbonyl (C=O) groups excluding carboxylic acids is 2. The summed E-state index contributed by atoms with van der Waals surface area (Å²) in [5, 5.41) is 0. The van der Waals surface area contributed by atoms with Crippen LogP contribution in [0.4, 0.5) is 4.39 Å². The van der Waals surface area contributed by atoms with Gasteiger partial charge in [-0.2, -0.15) is 0 Å². The maximum Gasteiger partial charge on any atom is 0.256 e. The molecular formula is C20H19BrFNO3. The molecule has 0 aliphatic carbocycles. The second-order valence-electron chi connectivity index (χ2n) is 6.28. The molecule has 0 saturated carbocycles. The highest BCUT2D eigenvalue weighted by molar-refractivity contribution is 9.10. The number of carbonyl (C=O) groups is 2. The Labute approximate surface area is 160 Å². The zero-order chi connectivity index (χ0) is 18.7. The molecule has 4 nitrogen and oxygen atoms in total. The van der Waals surface area contributed by atoms with Gasteiger partial charge in [-0.1, -0.05) is 15.9 Å². The summed E-state index contributed by atoms with van der Waals surface area (Å²) in [6.07, 6.45) is 1.15. The van der Waals surface area contributed by atoms with Crippen LogP contribution in [0.5, 0.6) is 5.75 Å². The summed E-state index contributed by atoms with van der Waals surface area (Å²) in [5.74, 6) is -0.208. The fraction of sp³-hybridized carbons (Fsp3) is 0.300. The third-order valence-electron chi connectivity index (χ3n) is 4.69. The first-order valence-corrected chi connectivity index (χ1v) is 9.21. The number of ketones is 1. The van der Waals surface area contributed by atoms with Crippen molar-refractivity contribution in [1.82, 2.24) is 4.90 Å². The van der Waals surface area contributed by atoms with E-state index in [1.165, 1.54) is 12.1 Å². The number of amides is 1. The average molecular weight is 420 g/mol. The molecule has 1 aliphatic rings. The number of methoxy groups -OCH3 is 1. The Hall–Kier alpha value is -2.21. The van der Waals surface area contributed by atoms with Crippen molar-refractivity contribution in [2.45, 2.75) is 12.8 Å². The van der Waals surface area contributed by atoms with Gasteiger partial charge in [-0.3, -0.25) is 9.59 Å². The number of halogens is 2. The number of ether oxygens (including phenoxy) is 1. The Balaban J connectivity index is 1.64. The van der Waals surface area contributed by atoms with Crippen LogP contribution in [-0.2, 0) is 0 Å². The molecule has 26 heavy (non-hydrogen) atoms. The van der Waals surface area contributed by atoms with Crippen molar-refractivity contribution in [3.63, 3.8) is 0 Å². The molecule has 6 heteroatoms. The molecule has 1 aliphatic heterocycles. The number of rotatable bonds is 4. The number of Topliss-reactive ketones (excluding diaryl/α,β-unsaturated/α-hetero) is 1. The quantitative estimate of drug-likeness (QED) is 0.692. The Kier molecular flexibility index (Phi) is 5.71. The van der Waals surface area contributed by atoms with E-state index in [2.05, 4.69) is 15.9 Å². The molecule has 136 valence electrons. The zero-order valence-corrected chi connectivity index (χ0v) is 16.0. The Morgan fingerprint density at radius 2 is 1.77 bits per heavy atom. The van der Waals surface area contributed by atoms with Crippen LogP contribution < -0.4 is 4.74 Å². The third kappa shape index (κ3) is 3.96. The second kappa shape index (κ2) is 7.99. The molecule has 1 heterocycles. The van der Waals surface area contributed by atoms with Crippen LogP contribution in [0.1, 0.15) is 33.6 Å². The van der Waals surface area contributed by atoms with Crippen molar-refractivity contribution in [1.29, 1.82) is 0 Å². The second-order valence-corrected chi connectivity index (χ2v) is 7.20. The van der Waals surface area contributed by atoms with Gasteiger partial charge in [0.25, 0.3) is 5.91 Å². The molecule has 2 aromatic carbocycles. The highest BCUT2D eigenvalue weighted by Gasteiger charge is 2.29. The van der Waals surface area contributed by atoms with E-state index in [1.807, 2.05) is 0 Å². The van der Waals surface area contributed by atoms with Gasteiger partial charge < -0.3 is 9.64 Å². The lowest BCUT2D eigenvalue weighted by atomic mass is 9.88. The van der Waals surface area contributed by atoms with Crippen LogP contribution in [0.2, 0.25) is 0 Å². The standard InChI is InChI=1S/C20H19BrFNO3/c1-26-16-5-2-13(3-6-16)19(24)14-8-10-23(11-9-14)20(25)17-12-15(21)4-7-18(17)22/h2-7,12,14H,8-11H2,1H3. The Morgan fingerprint density at radius 3 is 2.38 bits per heavy atom. The third-order valence-corrected chi connectivity index (χ3v) is 5.18. The van der Waals surface area contributed by atoms with Crippen molar-refractivity contribution in [3.8, 4) is 5.75 Å². The molecule has 0 aromatic heterocycles. The lowest BCUT2D eigenvalue weighted by Crippen LogP contribution is -2.40. The summed E-state index contributed by atoms with van der Waals surface area (Å²) >= 11 is 3.26. The van der Waals surface area contributed by atoms with Gasteiger partial charge in [0, 0.05) is 29.0 Å². The Morgan fingerprint density at radius 1 is 1.12 bits per heavy atom. The molecule has 1 amide bonds. The molecule has 0 radical (unpaired) electrons. The van der Waals surface area contributed by atoms with Crippen LogP contribution in [0.15, 0.2) is 46.9 Å². The molecule has 0 unspecified atom stereocenters. The number of likely N-dealkylation sites (tertiary alicyclic amines) is 1. The van der Waals surface area contributed by atoms with E-state index < -0.39 is 5.82 Å². The first-order chi connectivity index (χ1) is 12.5. The largest absolute Gasteiger partial charge is 0.497 e. The summed E-state index contributed by atoms with van der Waals surface area (Å²) in [6.45, 7) is 0.884. The van der Waals surface area contributed by atoms with Gasteiger partial charge >= 0.3 is 0 Å². The number of nitrogens with zero attached hydrogens (tertiary/aromatic N) is 1. The van der Waals surface area contributed by atoms with E-state index >= 15 is 0 Å². The maximum absolute atomic E-state index is 13.9. The minimum Gasteiger partial charge on any atom is -0.497 e. The number of hydrogen-bond acceptors (Lipinski definition) is 3. The van der Waals surface area contributed by atoms with Crippen LogP contribution >= 0.6 is 15.9 Å².